The van der Waals surface area contributed by atoms with Gasteiger partial charge in [0.05, 0.1) is 13.5 Å². The Morgan fingerprint density at radius 2 is 2.29 bits per heavy atom. The van der Waals surface area contributed by atoms with E-state index in [1.165, 1.54) is 0 Å². The lowest BCUT2D eigenvalue weighted by atomic mass is 10.1. The molecule has 17 heavy (non-hydrogen) atoms. The van der Waals surface area contributed by atoms with Gasteiger partial charge in [0.1, 0.15) is 5.75 Å². The number of carboxylic acids is 1. The van der Waals surface area contributed by atoms with Crippen molar-refractivity contribution in [2.45, 2.75) is 12.8 Å². The van der Waals surface area contributed by atoms with E-state index in [9.17, 15) is 4.79 Å². The molecule has 0 aliphatic heterocycles. The third-order valence-electron chi connectivity index (χ3n) is 2.24. The molecule has 1 aromatic carbocycles. The monoisotopic (exact) mass is 298 g/mol. The number of aliphatic carboxylic acids is 1. The van der Waals surface area contributed by atoms with E-state index in [1.807, 2.05) is 18.2 Å². The van der Waals surface area contributed by atoms with E-state index < -0.39 is 5.97 Å². The van der Waals surface area contributed by atoms with E-state index in [0.717, 1.165) is 17.3 Å². The number of carboxylic acid groups (broad SMARTS) is 1. The van der Waals surface area contributed by atoms with Crippen molar-refractivity contribution in [3.63, 3.8) is 0 Å². The average molecular weight is 299 g/mol. The zero-order valence-corrected chi connectivity index (χ0v) is 11.2. The van der Waals surface area contributed by atoms with E-state index in [4.69, 9.17) is 9.84 Å². The number of hydrogen-bond donors (Lipinski definition) is 1. The Kier molecular flexibility index (Phi) is 5.77. The maximum atomic E-state index is 10.7. The second kappa shape index (κ2) is 7.12. The molecule has 0 aromatic heterocycles. The Labute approximate surface area is 109 Å². The molecule has 1 aromatic rings. The number of allylic oxidation sites excluding steroid dienone is 1. The largest absolute Gasteiger partial charge is 0.496 e. The van der Waals surface area contributed by atoms with Crippen LogP contribution in [0.3, 0.4) is 0 Å². The number of ether oxygens (including phenoxy) is 1. The first-order valence-electron chi connectivity index (χ1n) is 5.28. The molecule has 0 amide bonds. The summed E-state index contributed by atoms with van der Waals surface area (Å²) in [7, 11) is 1.55. The third kappa shape index (κ3) is 4.61. The molecule has 0 spiro atoms. The number of methoxy groups -OCH3 is 1. The van der Waals surface area contributed by atoms with Gasteiger partial charge in [0.2, 0.25) is 0 Å². The number of halogens is 1. The standard InChI is InChI=1S/C13H15BrO3/c1-17-12-8-10(4-2-3-7-14)5-6-11(12)9-13(15)16/h2,4-6,8H,3,7,9H2,1H3,(H,15,16). The van der Waals surface area contributed by atoms with Gasteiger partial charge in [0.25, 0.3) is 0 Å². The molecule has 0 heterocycles. The Morgan fingerprint density at radius 1 is 1.53 bits per heavy atom. The fourth-order valence-corrected chi connectivity index (χ4v) is 1.72. The molecule has 4 heteroatoms. The minimum absolute atomic E-state index is 0.0193. The highest BCUT2D eigenvalue weighted by Crippen LogP contribution is 2.21. The maximum Gasteiger partial charge on any atom is 0.307 e. The molecular weight excluding hydrogens is 284 g/mol. The van der Waals surface area contributed by atoms with Crippen LogP contribution in [0.2, 0.25) is 0 Å². The van der Waals surface area contributed by atoms with Crippen molar-refractivity contribution >= 4 is 28.0 Å². The van der Waals surface area contributed by atoms with Gasteiger partial charge >= 0.3 is 5.97 Å². The maximum absolute atomic E-state index is 10.7. The van der Waals surface area contributed by atoms with Crippen molar-refractivity contribution in [1.29, 1.82) is 0 Å². The van der Waals surface area contributed by atoms with E-state index >= 15 is 0 Å². The first-order chi connectivity index (χ1) is 8.17. The Balaban J connectivity index is 2.88. The highest BCUT2D eigenvalue weighted by Gasteiger charge is 2.07. The first-order valence-corrected chi connectivity index (χ1v) is 6.40. The van der Waals surface area contributed by atoms with Crippen molar-refractivity contribution in [3.8, 4) is 5.75 Å². The summed E-state index contributed by atoms with van der Waals surface area (Å²) in [6.07, 6.45) is 4.99. The van der Waals surface area contributed by atoms with Gasteiger partial charge in [-0.2, -0.15) is 0 Å². The van der Waals surface area contributed by atoms with Crippen LogP contribution in [0.1, 0.15) is 17.5 Å². The Morgan fingerprint density at radius 3 is 2.88 bits per heavy atom. The number of rotatable bonds is 6. The van der Waals surface area contributed by atoms with Crippen LogP contribution < -0.4 is 4.74 Å². The zero-order valence-electron chi connectivity index (χ0n) is 9.65. The number of hydrogen-bond acceptors (Lipinski definition) is 2. The molecule has 0 radical (unpaired) electrons. The first kappa shape index (κ1) is 13.8. The summed E-state index contributed by atoms with van der Waals surface area (Å²) < 4.78 is 5.19. The summed E-state index contributed by atoms with van der Waals surface area (Å²) in [4.78, 5) is 10.7. The minimum atomic E-state index is -0.856. The number of carbonyl (C=O) groups is 1. The lowest BCUT2D eigenvalue weighted by Crippen LogP contribution is -2.02. The normalized spacial score (nSPS) is 10.7. The van der Waals surface area contributed by atoms with Crippen molar-refractivity contribution in [1.82, 2.24) is 0 Å². The van der Waals surface area contributed by atoms with Crippen molar-refractivity contribution in [2.24, 2.45) is 0 Å². The van der Waals surface area contributed by atoms with Crippen LogP contribution in [-0.4, -0.2) is 23.5 Å². The van der Waals surface area contributed by atoms with Gasteiger partial charge in [-0.1, -0.05) is 40.2 Å². The Bertz CT molecular complexity index is 413. The van der Waals surface area contributed by atoms with Crippen LogP contribution in [-0.2, 0) is 11.2 Å². The predicted octanol–water partition coefficient (Wildman–Crippen LogP) is 3.12. The van der Waals surface area contributed by atoms with E-state index in [-0.39, 0.29) is 6.42 Å². The van der Waals surface area contributed by atoms with Crippen LogP contribution in [0.25, 0.3) is 6.08 Å². The van der Waals surface area contributed by atoms with Gasteiger partial charge in [-0.05, 0) is 18.1 Å². The second-order valence-electron chi connectivity index (χ2n) is 3.52. The zero-order chi connectivity index (χ0) is 12.7. The van der Waals surface area contributed by atoms with E-state index in [2.05, 4.69) is 22.0 Å². The molecule has 0 saturated heterocycles. The summed E-state index contributed by atoms with van der Waals surface area (Å²) in [5.74, 6) is -0.237. The summed E-state index contributed by atoms with van der Waals surface area (Å²) in [6, 6.07) is 5.54. The van der Waals surface area contributed by atoms with Crippen LogP contribution in [0, 0.1) is 0 Å². The van der Waals surface area contributed by atoms with Crippen molar-refractivity contribution in [2.75, 3.05) is 12.4 Å². The summed E-state index contributed by atoms with van der Waals surface area (Å²) in [5.41, 5.74) is 1.70. The molecule has 1 N–H and O–H groups in total. The second-order valence-corrected chi connectivity index (χ2v) is 4.31. The quantitative estimate of drug-likeness (QED) is 0.821. The van der Waals surface area contributed by atoms with E-state index in [1.54, 1.807) is 13.2 Å². The molecular formula is C13H15BrO3. The van der Waals surface area contributed by atoms with Gasteiger partial charge in [0, 0.05) is 10.9 Å². The molecule has 1 rings (SSSR count). The molecule has 0 atom stereocenters. The molecule has 0 saturated carbocycles. The van der Waals surface area contributed by atoms with Gasteiger partial charge in [-0.15, -0.1) is 0 Å². The predicted molar refractivity (Wildman–Crippen MR) is 71.8 cm³/mol. The molecule has 0 aliphatic carbocycles. The molecule has 0 bridgehead atoms. The fourth-order valence-electron chi connectivity index (χ4n) is 1.46. The van der Waals surface area contributed by atoms with Gasteiger partial charge in [0.15, 0.2) is 0 Å². The molecule has 0 aliphatic rings. The smallest absolute Gasteiger partial charge is 0.307 e. The Hall–Kier alpha value is -1.29. The van der Waals surface area contributed by atoms with Crippen LogP contribution in [0.4, 0.5) is 0 Å². The molecule has 3 nitrogen and oxygen atoms in total. The molecule has 0 fully saturated rings. The van der Waals surface area contributed by atoms with Gasteiger partial charge in [-0.25, -0.2) is 0 Å². The topological polar surface area (TPSA) is 46.5 Å². The summed E-state index contributed by atoms with van der Waals surface area (Å²) in [5, 5.41) is 9.68. The fraction of sp³-hybridized carbons (Fsp3) is 0.308. The average Bonchev–Trinajstić information content (AvgIpc) is 2.30. The lowest BCUT2D eigenvalue weighted by Gasteiger charge is -2.07. The van der Waals surface area contributed by atoms with Crippen LogP contribution in [0.5, 0.6) is 5.75 Å². The lowest BCUT2D eigenvalue weighted by molar-refractivity contribution is -0.136. The SMILES string of the molecule is COc1cc(C=CCCBr)ccc1CC(=O)O. The molecule has 92 valence electrons. The highest BCUT2D eigenvalue weighted by molar-refractivity contribution is 9.09. The van der Waals surface area contributed by atoms with Gasteiger partial charge < -0.3 is 9.84 Å². The highest BCUT2D eigenvalue weighted by atomic mass is 79.9. The molecule has 0 unspecified atom stereocenters. The van der Waals surface area contributed by atoms with Crippen LogP contribution in [0.15, 0.2) is 24.3 Å². The van der Waals surface area contributed by atoms with Crippen LogP contribution >= 0.6 is 15.9 Å². The summed E-state index contributed by atoms with van der Waals surface area (Å²) >= 11 is 3.35. The number of benzene rings is 1. The van der Waals surface area contributed by atoms with Crippen molar-refractivity contribution < 1.29 is 14.6 Å². The van der Waals surface area contributed by atoms with E-state index in [0.29, 0.717) is 11.3 Å². The van der Waals surface area contributed by atoms with Gasteiger partial charge in [-0.3, -0.25) is 4.79 Å². The third-order valence-corrected chi connectivity index (χ3v) is 2.70. The number of alkyl halides is 1. The minimum Gasteiger partial charge on any atom is -0.496 e. The van der Waals surface area contributed by atoms with Crippen molar-refractivity contribution in [3.05, 3.63) is 35.4 Å². The summed E-state index contributed by atoms with van der Waals surface area (Å²) in [6.45, 7) is 0.